The van der Waals surface area contributed by atoms with Crippen molar-refractivity contribution in [1.82, 2.24) is 15.2 Å². The summed E-state index contributed by atoms with van der Waals surface area (Å²) in [5.41, 5.74) is 5.02. The van der Waals surface area contributed by atoms with E-state index in [9.17, 15) is 0 Å². The monoisotopic (exact) mass is 284 g/mol. The summed E-state index contributed by atoms with van der Waals surface area (Å²) in [6.45, 7) is 4.87. The number of aryl methyl sites for hydroxylation is 2. The molecule has 3 aromatic rings. The molecule has 0 spiro atoms. The smallest absolute Gasteiger partial charge is 0.122 e. The third kappa shape index (κ3) is 2.57. The lowest BCUT2D eigenvalue weighted by molar-refractivity contribution is 0.400. The summed E-state index contributed by atoms with van der Waals surface area (Å²) in [6.07, 6.45) is 0.691. The van der Waals surface area contributed by atoms with Gasteiger partial charge in [-0.05, 0) is 32.0 Å². The molecule has 21 heavy (non-hydrogen) atoms. The fourth-order valence-corrected chi connectivity index (χ4v) is 2.66. The number of nitrogens with one attached hydrogen (secondary N) is 1. The molecule has 0 aliphatic heterocycles. The molecule has 110 valence electrons. The topological polar surface area (TPSA) is 69.0 Å². The Kier molecular flexibility index (Phi) is 3.77. The van der Waals surface area contributed by atoms with Crippen LogP contribution in [0.5, 0.6) is 0 Å². The van der Waals surface area contributed by atoms with Crippen LogP contribution in [-0.2, 0) is 13.0 Å². The molecule has 0 saturated heterocycles. The van der Waals surface area contributed by atoms with Crippen LogP contribution in [0.2, 0.25) is 0 Å². The van der Waals surface area contributed by atoms with Gasteiger partial charge in [0.05, 0.1) is 17.3 Å². The van der Waals surface area contributed by atoms with E-state index in [2.05, 4.69) is 24.5 Å². The Balaban J connectivity index is 1.97. The van der Waals surface area contributed by atoms with Crippen molar-refractivity contribution in [3.63, 3.8) is 0 Å². The van der Waals surface area contributed by atoms with Crippen LogP contribution in [0.3, 0.4) is 0 Å². The van der Waals surface area contributed by atoms with E-state index >= 15 is 0 Å². The second kappa shape index (κ2) is 5.71. The summed E-state index contributed by atoms with van der Waals surface area (Å²) >= 11 is 0. The van der Waals surface area contributed by atoms with Gasteiger partial charge in [0.1, 0.15) is 11.5 Å². The van der Waals surface area contributed by atoms with E-state index in [0.717, 1.165) is 29.3 Å². The minimum absolute atomic E-state index is 0.0812. The zero-order valence-electron chi connectivity index (χ0n) is 12.3. The lowest BCUT2D eigenvalue weighted by Crippen LogP contribution is -2.29. The van der Waals surface area contributed by atoms with Crippen molar-refractivity contribution < 1.29 is 4.42 Å². The van der Waals surface area contributed by atoms with E-state index in [0.29, 0.717) is 6.42 Å². The van der Waals surface area contributed by atoms with Crippen molar-refractivity contribution in [2.24, 2.45) is 5.84 Å². The Bertz CT molecular complexity index is 744. The van der Waals surface area contributed by atoms with E-state index in [4.69, 9.17) is 15.4 Å². The average molecular weight is 284 g/mol. The van der Waals surface area contributed by atoms with Crippen LogP contribution in [-0.4, -0.2) is 9.78 Å². The predicted molar refractivity (Wildman–Crippen MR) is 82.6 cm³/mol. The fraction of sp³-hybridized carbons (Fsp3) is 0.312. The van der Waals surface area contributed by atoms with Gasteiger partial charge >= 0.3 is 0 Å². The second-order valence-electron chi connectivity index (χ2n) is 5.15. The van der Waals surface area contributed by atoms with E-state index in [-0.39, 0.29) is 6.04 Å². The van der Waals surface area contributed by atoms with Crippen molar-refractivity contribution in [3.8, 4) is 0 Å². The lowest BCUT2D eigenvalue weighted by atomic mass is 10.1. The van der Waals surface area contributed by atoms with Gasteiger partial charge in [0.15, 0.2) is 0 Å². The molecule has 0 fully saturated rings. The number of nitrogens with two attached hydrogens (primary N) is 1. The van der Waals surface area contributed by atoms with Crippen LogP contribution in [0, 0.1) is 6.92 Å². The molecule has 0 amide bonds. The molecule has 0 aliphatic carbocycles. The number of fused-ring (bicyclic) bond motifs is 1. The van der Waals surface area contributed by atoms with Crippen molar-refractivity contribution in [2.75, 3.05) is 0 Å². The molecule has 0 radical (unpaired) electrons. The van der Waals surface area contributed by atoms with Gasteiger partial charge in [-0.25, -0.2) is 5.43 Å². The Morgan fingerprint density at radius 1 is 1.29 bits per heavy atom. The third-order valence-electron chi connectivity index (χ3n) is 3.74. The second-order valence-corrected chi connectivity index (χ2v) is 5.15. The lowest BCUT2D eigenvalue weighted by Gasteiger charge is -2.12. The first-order chi connectivity index (χ1) is 10.2. The Hall–Kier alpha value is -2.11. The van der Waals surface area contributed by atoms with Crippen LogP contribution < -0.4 is 11.3 Å². The average Bonchev–Trinajstić information content (AvgIpc) is 3.09. The number of rotatable bonds is 5. The highest BCUT2D eigenvalue weighted by molar-refractivity contribution is 5.82. The van der Waals surface area contributed by atoms with Crippen LogP contribution in [0.15, 0.2) is 40.8 Å². The summed E-state index contributed by atoms with van der Waals surface area (Å²) in [5.74, 6) is 7.42. The van der Waals surface area contributed by atoms with E-state index in [1.807, 2.05) is 35.9 Å². The molecule has 5 heteroatoms. The zero-order valence-corrected chi connectivity index (χ0v) is 12.3. The minimum atomic E-state index is -0.0812. The molecule has 3 rings (SSSR count). The molecule has 0 saturated carbocycles. The number of hydrogen-bond acceptors (Lipinski definition) is 4. The molecule has 3 N–H and O–H groups in total. The van der Waals surface area contributed by atoms with Crippen molar-refractivity contribution in [2.45, 2.75) is 32.9 Å². The maximum Gasteiger partial charge on any atom is 0.122 e. The van der Waals surface area contributed by atoms with Gasteiger partial charge < -0.3 is 4.42 Å². The number of hydrazine groups is 1. The maximum absolute atomic E-state index is 5.70. The van der Waals surface area contributed by atoms with Gasteiger partial charge in [-0.15, -0.1) is 0 Å². The maximum atomic E-state index is 5.70. The molecular formula is C16H20N4O. The number of nitrogens with zero attached hydrogens (tertiary/aromatic N) is 2. The molecule has 2 aromatic heterocycles. The largest absolute Gasteiger partial charge is 0.465 e. The quantitative estimate of drug-likeness (QED) is 0.558. The molecule has 1 unspecified atom stereocenters. The highest BCUT2D eigenvalue weighted by Gasteiger charge is 2.18. The van der Waals surface area contributed by atoms with Crippen molar-refractivity contribution in [3.05, 3.63) is 53.6 Å². The molecule has 5 nitrogen and oxygen atoms in total. The highest BCUT2D eigenvalue weighted by Crippen LogP contribution is 2.25. The number of aromatic nitrogens is 2. The van der Waals surface area contributed by atoms with Gasteiger partial charge in [0.2, 0.25) is 0 Å². The first kappa shape index (κ1) is 13.9. The van der Waals surface area contributed by atoms with Crippen molar-refractivity contribution in [1.29, 1.82) is 0 Å². The van der Waals surface area contributed by atoms with Crippen LogP contribution in [0.4, 0.5) is 0 Å². The van der Waals surface area contributed by atoms with Crippen LogP contribution >= 0.6 is 0 Å². The van der Waals surface area contributed by atoms with Gasteiger partial charge in [-0.3, -0.25) is 10.5 Å². The van der Waals surface area contributed by atoms with Crippen LogP contribution in [0.25, 0.3) is 10.9 Å². The molecule has 1 atom stereocenters. The Labute approximate surface area is 123 Å². The van der Waals surface area contributed by atoms with E-state index in [1.54, 1.807) is 0 Å². The first-order valence-corrected chi connectivity index (χ1v) is 7.19. The van der Waals surface area contributed by atoms with Crippen molar-refractivity contribution >= 4 is 10.9 Å². The highest BCUT2D eigenvalue weighted by atomic mass is 16.3. The Morgan fingerprint density at radius 3 is 2.76 bits per heavy atom. The SMILES string of the molecule is CCn1nc(CC(NN)c2ccc(C)o2)c2ccccc21. The molecule has 2 heterocycles. The summed E-state index contributed by atoms with van der Waals surface area (Å²) < 4.78 is 7.70. The molecule has 0 bridgehead atoms. The number of benzene rings is 1. The van der Waals surface area contributed by atoms with E-state index < -0.39 is 0 Å². The van der Waals surface area contributed by atoms with Gasteiger partial charge in [0, 0.05) is 18.4 Å². The summed E-state index contributed by atoms with van der Waals surface area (Å²) in [7, 11) is 0. The predicted octanol–water partition coefficient (Wildman–Crippen LogP) is 2.70. The summed E-state index contributed by atoms with van der Waals surface area (Å²) in [6, 6.07) is 12.1. The minimum Gasteiger partial charge on any atom is -0.465 e. The van der Waals surface area contributed by atoms with E-state index in [1.165, 1.54) is 5.39 Å². The van der Waals surface area contributed by atoms with Crippen LogP contribution in [0.1, 0.15) is 30.2 Å². The van der Waals surface area contributed by atoms with Gasteiger partial charge in [-0.1, -0.05) is 18.2 Å². The molecular weight excluding hydrogens is 264 g/mol. The summed E-state index contributed by atoms with van der Waals surface area (Å²) in [5, 5.41) is 5.88. The molecule has 1 aromatic carbocycles. The third-order valence-corrected chi connectivity index (χ3v) is 3.74. The normalized spacial score (nSPS) is 12.9. The van der Waals surface area contributed by atoms with Gasteiger partial charge in [-0.2, -0.15) is 5.10 Å². The molecule has 0 aliphatic rings. The Morgan fingerprint density at radius 2 is 2.10 bits per heavy atom. The number of hydrogen-bond donors (Lipinski definition) is 2. The van der Waals surface area contributed by atoms with Gasteiger partial charge in [0.25, 0.3) is 0 Å². The zero-order chi connectivity index (χ0) is 14.8. The standard InChI is InChI=1S/C16H20N4O/c1-3-20-15-7-5-4-6-12(15)13(19-20)10-14(18-17)16-9-8-11(2)21-16/h4-9,14,18H,3,10,17H2,1-2H3. The number of furan rings is 1. The fourth-order valence-electron chi connectivity index (χ4n) is 2.66. The first-order valence-electron chi connectivity index (χ1n) is 7.19. The summed E-state index contributed by atoms with van der Waals surface area (Å²) in [4.78, 5) is 0. The number of para-hydroxylation sites is 1.